The van der Waals surface area contributed by atoms with Gasteiger partial charge in [0.25, 0.3) is 11.7 Å². The number of aryl methyl sites for hydroxylation is 2. The van der Waals surface area contributed by atoms with Crippen molar-refractivity contribution < 1.29 is 19.4 Å². The molecule has 1 amide bonds. The second-order valence-electron chi connectivity index (χ2n) is 8.89. The Balaban J connectivity index is 2.08. The monoisotopic (exact) mass is 450 g/mol. The summed E-state index contributed by atoms with van der Waals surface area (Å²) in [5, 5.41) is 11.3. The number of hydrogen-bond acceptors (Lipinski definition) is 5. The molecular weight excluding hydrogens is 416 g/mol. The lowest BCUT2D eigenvalue weighted by Crippen LogP contribution is -2.32. The molecule has 1 aliphatic rings. The SMILES string of the molecule is CCCOc1ccc(C2/C(=C(\O)c3cc(C)ccc3C)C(=O)C(=O)N2CCCN(C)C)cc1. The fraction of sp³-hybridized carbons (Fsp3) is 0.407. The minimum Gasteiger partial charge on any atom is -0.507 e. The third-order valence-electron chi connectivity index (χ3n) is 5.86. The summed E-state index contributed by atoms with van der Waals surface area (Å²) in [5.41, 5.74) is 3.31. The number of carbonyl (C=O) groups is 2. The molecule has 0 radical (unpaired) electrons. The summed E-state index contributed by atoms with van der Waals surface area (Å²) in [5.74, 6) is -0.604. The lowest BCUT2D eigenvalue weighted by molar-refractivity contribution is -0.139. The number of ketones is 1. The van der Waals surface area contributed by atoms with Crippen LogP contribution in [0.3, 0.4) is 0 Å². The molecule has 6 nitrogen and oxygen atoms in total. The first-order chi connectivity index (χ1) is 15.7. The molecule has 1 heterocycles. The predicted molar refractivity (Wildman–Crippen MR) is 130 cm³/mol. The van der Waals surface area contributed by atoms with Crippen LogP contribution in [0.5, 0.6) is 5.75 Å². The van der Waals surface area contributed by atoms with Crippen molar-refractivity contribution in [2.75, 3.05) is 33.8 Å². The summed E-state index contributed by atoms with van der Waals surface area (Å²) in [6.45, 7) is 7.69. The molecule has 1 aliphatic heterocycles. The molecular formula is C27H34N2O4. The number of carbonyl (C=O) groups excluding carboxylic acids is 2. The lowest BCUT2D eigenvalue weighted by Gasteiger charge is -2.26. The highest BCUT2D eigenvalue weighted by Gasteiger charge is 2.45. The number of nitrogens with zero attached hydrogens (tertiary/aromatic N) is 2. The van der Waals surface area contributed by atoms with E-state index in [4.69, 9.17) is 4.74 Å². The maximum atomic E-state index is 13.2. The van der Waals surface area contributed by atoms with Crippen molar-refractivity contribution in [2.24, 2.45) is 0 Å². The highest BCUT2D eigenvalue weighted by molar-refractivity contribution is 6.46. The highest BCUT2D eigenvalue weighted by Crippen LogP contribution is 2.40. The molecule has 1 atom stereocenters. The van der Waals surface area contributed by atoms with Crippen molar-refractivity contribution in [3.8, 4) is 5.75 Å². The van der Waals surface area contributed by atoms with Gasteiger partial charge in [-0.3, -0.25) is 9.59 Å². The standard InChI is InChI=1S/C27H34N2O4/c1-6-16-33-21-12-10-20(11-13-21)24-23(25(30)22-17-18(2)8-9-19(22)3)26(31)27(32)29(24)15-7-14-28(4)5/h8-13,17,24,30H,6-7,14-16H2,1-5H3/b25-23+. The van der Waals surface area contributed by atoms with Gasteiger partial charge in [-0.1, -0.05) is 36.8 Å². The number of ether oxygens (including phenoxy) is 1. The van der Waals surface area contributed by atoms with Crippen molar-refractivity contribution in [3.05, 3.63) is 70.3 Å². The zero-order chi connectivity index (χ0) is 24.1. The minimum absolute atomic E-state index is 0.124. The molecule has 0 saturated carbocycles. The number of benzene rings is 2. The van der Waals surface area contributed by atoms with Crippen LogP contribution >= 0.6 is 0 Å². The fourth-order valence-corrected chi connectivity index (χ4v) is 4.12. The van der Waals surface area contributed by atoms with Gasteiger partial charge in [-0.2, -0.15) is 0 Å². The van der Waals surface area contributed by atoms with Crippen LogP contribution in [0.4, 0.5) is 0 Å². The quantitative estimate of drug-likeness (QED) is 0.347. The molecule has 0 aliphatic carbocycles. The zero-order valence-corrected chi connectivity index (χ0v) is 20.2. The van der Waals surface area contributed by atoms with Crippen molar-refractivity contribution in [1.29, 1.82) is 0 Å². The molecule has 33 heavy (non-hydrogen) atoms. The molecule has 0 aromatic heterocycles. The van der Waals surface area contributed by atoms with E-state index in [2.05, 4.69) is 0 Å². The van der Waals surface area contributed by atoms with Gasteiger partial charge in [0.05, 0.1) is 18.2 Å². The molecule has 1 N–H and O–H groups in total. The topological polar surface area (TPSA) is 70.1 Å². The van der Waals surface area contributed by atoms with Crippen LogP contribution in [0, 0.1) is 13.8 Å². The fourth-order valence-electron chi connectivity index (χ4n) is 4.12. The number of aliphatic hydroxyl groups is 1. The number of Topliss-reactive ketones (excluding diaryl/α,β-unsaturated/α-hetero) is 1. The van der Waals surface area contributed by atoms with E-state index in [9.17, 15) is 14.7 Å². The predicted octanol–water partition coefficient (Wildman–Crippen LogP) is 4.47. The normalized spacial score (nSPS) is 17.8. The lowest BCUT2D eigenvalue weighted by atomic mass is 9.93. The average Bonchev–Trinajstić information content (AvgIpc) is 3.04. The van der Waals surface area contributed by atoms with Crippen molar-refractivity contribution in [2.45, 2.75) is 39.7 Å². The van der Waals surface area contributed by atoms with Gasteiger partial charge in [-0.05, 0) is 76.7 Å². The molecule has 0 spiro atoms. The molecule has 0 bridgehead atoms. The number of likely N-dealkylation sites (tertiary alicyclic amines) is 1. The molecule has 2 aromatic rings. The molecule has 1 fully saturated rings. The molecule has 2 aromatic carbocycles. The highest BCUT2D eigenvalue weighted by atomic mass is 16.5. The van der Waals surface area contributed by atoms with E-state index in [1.54, 1.807) is 4.90 Å². The summed E-state index contributed by atoms with van der Waals surface area (Å²) in [6.07, 6.45) is 1.63. The average molecular weight is 451 g/mol. The minimum atomic E-state index is -0.646. The van der Waals surface area contributed by atoms with Gasteiger partial charge in [0.1, 0.15) is 11.5 Å². The van der Waals surface area contributed by atoms with E-state index in [1.165, 1.54) is 0 Å². The summed E-state index contributed by atoms with van der Waals surface area (Å²) in [7, 11) is 3.95. The van der Waals surface area contributed by atoms with E-state index in [0.29, 0.717) is 18.7 Å². The maximum absolute atomic E-state index is 13.2. The van der Waals surface area contributed by atoms with Crippen LogP contribution < -0.4 is 4.74 Å². The Hall–Kier alpha value is -3.12. The Morgan fingerprint density at radius 2 is 1.79 bits per heavy atom. The Bertz CT molecular complexity index is 1040. The molecule has 176 valence electrons. The number of amides is 1. The van der Waals surface area contributed by atoms with Gasteiger partial charge in [0.2, 0.25) is 0 Å². The zero-order valence-electron chi connectivity index (χ0n) is 20.2. The second-order valence-corrected chi connectivity index (χ2v) is 8.89. The van der Waals surface area contributed by atoms with E-state index >= 15 is 0 Å². The summed E-state index contributed by atoms with van der Waals surface area (Å²) in [6, 6.07) is 12.5. The van der Waals surface area contributed by atoms with Crippen molar-refractivity contribution in [1.82, 2.24) is 9.80 Å². The Labute approximate surface area is 196 Å². The Kier molecular flexibility index (Phi) is 7.92. The van der Waals surface area contributed by atoms with E-state index in [0.717, 1.165) is 41.8 Å². The van der Waals surface area contributed by atoms with Crippen LogP contribution in [-0.4, -0.2) is 60.4 Å². The van der Waals surface area contributed by atoms with Crippen molar-refractivity contribution in [3.63, 3.8) is 0 Å². The number of hydrogen-bond donors (Lipinski definition) is 1. The number of aliphatic hydroxyl groups excluding tert-OH is 1. The van der Waals surface area contributed by atoms with Crippen LogP contribution in [0.2, 0.25) is 0 Å². The summed E-state index contributed by atoms with van der Waals surface area (Å²) >= 11 is 0. The maximum Gasteiger partial charge on any atom is 0.295 e. The molecule has 6 heteroatoms. The second kappa shape index (κ2) is 10.7. The van der Waals surface area contributed by atoms with Gasteiger partial charge >= 0.3 is 0 Å². The number of rotatable bonds is 9. The van der Waals surface area contributed by atoms with E-state index in [-0.39, 0.29) is 11.3 Å². The summed E-state index contributed by atoms with van der Waals surface area (Å²) < 4.78 is 5.69. The van der Waals surface area contributed by atoms with Crippen LogP contribution in [0.1, 0.15) is 48.1 Å². The third-order valence-corrected chi connectivity index (χ3v) is 5.86. The van der Waals surface area contributed by atoms with Gasteiger partial charge in [0.15, 0.2) is 0 Å². The third kappa shape index (κ3) is 5.45. The van der Waals surface area contributed by atoms with Crippen molar-refractivity contribution >= 4 is 17.4 Å². The van der Waals surface area contributed by atoms with E-state index < -0.39 is 17.7 Å². The van der Waals surface area contributed by atoms with Gasteiger partial charge in [-0.25, -0.2) is 0 Å². The molecule has 3 rings (SSSR count). The van der Waals surface area contributed by atoms with Crippen LogP contribution in [0.15, 0.2) is 48.0 Å². The molecule has 1 saturated heterocycles. The van der Waals surface area contributed by atoms with E-state index in [1.807, 2.05) is 82.2 Å². The van der Waals surface area contributed by atoms with Gasteiger partial charge in [0, 0.05) is 12.1 Å². The Morgan fingerprint density at radius 3 is 2.42 bits per heavy atom. The smallest absolute Gasteiger partial charge is 0.295 e. The van der Waals surface area contributed by atoms with Gasteiger partial charge in [-0.15, -0.1) is 0 Å². The largest absolute Gasteiger partial charge is 0.507 e. The first-order valence-electron chi connectivity index (χ1n) is 11.5. The van der Waals surface area contributed by atoms with Gasteiger partial charge < -0.3 is 19.6 Å². The first-order valence-corrected chi connectivity index (χ1v) is 11.5. The first kappa shape index (κ1) is 24.5. The Morgan fingerprint density at radius 1 is 1.09 bits per heavy atom. The summed E-state index contributed by atoms with van der Waals surface area (Å²) in [4.78, 5) is 29.9. The van der Waals surface area contributed by atoms with Crippen LogP contribution in [-0.2, 0) is 9.59 Å². The van der Waals surface area contributed by atoms with Crippen LogP contribution in [0.25, 0.3) is 5.76 Å². The molecule has 1 unspecified atom stereocenters.